The number of amides is 4. The molecule has 0 spiro atoms. The Kier molecular flexibility index (Phi) is 9.92. The minimum atomic E-state index is -3.89. The Labute approximate surface area is 315 Å². The van der Waals surface area contributed by atoms with Crippen molar-refractivity contribution in [2.75, 3.05) is 13.7 Å². The van der Waals surface area contributed by atoms with Gasteiger partial charge in [0.1, 0.15) is 35.2 Å². The molecule has 2 aromatic carbocycles. The SMILES string of the molecule is COc1ccc2c(O[C@@H]3C[C@H]4C(=O)NC5(C(=O)NS(=O)(=O)C6CC6)CC5C=CCCCC(=O)N[C@@H](C(C)(C)C)C(=O)N4C3)cc(-c3ccccc3)nc2c1. The highest BCUT2D eigenvalue weighted by Crippen LogP contribution is 2.46. The van der Waals surface area contributed by atoms with Crippen LogP contribution in [0, 0.1) is 11.3 Å². The molecule has 54 heavy (non-hydrogen) atoms. The Balaban J connectivity index is 1.24. The summed E-state index contributed by atoms with van der Waals surface area (Å²) in [6.07, 6.45) is 5.40. The molecular formula is C40H47N5O8S. The van der Waals surface area contributed by atoms with E-state index in [1.165, 1.54) is 4.90 Å². The molecule has 1 aromatic heterocycles. The Morgan fingerprint density at radius 3 is 2.52 bits per heavy atom. The van der Waals surface area contributed by atoms with Crippen molar-refractivity contribution < 1.29 is 37.1 Å². The van der Waals surface area contributed by atoms with Crippen LogP contribution in [-0.4, -0.2) is 84.6 Å². The van der Waals surface area contributed by atoms with Gasteiger partial charge in [-0.15, -0.1) is 0 Å². The van der Waals surface area contributed by atoms with E-state index in [0.29, 0.717) is 53.8 Å². The van der Waals surface area contributed by atoms with E-state index in [2.05, 4.69) is 15.4 Å². The van der Waals surface area contributed by atoms with Crippen LogP contribution in [0.2, 0.25) is 0 Å². The summed E-state index contributed by atoms with van der Waals surface area (Å²) in [5.41, 5.74) is -0.0722. The van der Waals surface area contributed by atoms with E-state index in [0.717, 1.165) is 5.56 Å². The van der Waals surface area contributed by atoms with Gasteiger partial charge >= 0.3 is 0 Å². The number of fused-ring (bicyclic) bond motifs is 3. The second kappa shape index (κ2) is 14.3. The zero-order chi connectivity index (χ0) is 38.4. The molecule has 3 N–H and O–H groups in total. The second-order valence-electron chi connectivity index (χ2n) is 15.9. The molecule has 0 bridgehead atoms. The van der Waals surface area contributed by atoms with Crippen molar-refractivity contribution in [1.82, 2.24) is 25.2 Å². The summed E-state index contributed by atoms with van der Waals surface area (Å²) in [5, 5.41) is 5.92. The van der Waals surface area contributed by atoms with Crippen molar-refractivity contribution >= 4 is 44.6 Å². The van der Waals surface area contributed by atoms with Gasteiger partial charge in [-0.25, -0.2) is 13.4 Å². The Hall–Kier alpha value is -4.98. The topological polar surface area (TPSA) is 173 Å². The molecule has 7 rings (SSSR count). The summed E-state index contributed by atoms with van der Waals surface area (Å²) in [4.78, 5) is 62.3. The van der Waals surface area contributed by atoms with Gasteiger partial charge in [0.25, 0.3) is 5.91 Å². The number of nitrogens with zero attached hydrogens (tertiary/aromatic N) is 2. The number of hydrogen-bond acceptors (Lipinski definition) is 9. The molecular weight excluding hydrogens is 711 g/mol. The number of carbonyl (C=O) groups is 4. The molecule has 14 heteroatoms. The zero-order valence-electron chi connectivity index (χ0n) is 31.0. The molecule has 2 aliphatic carbocycles. The van der Waals surface area contributed by atoms with E-state index < -0.39 is 68.1 Å². The summed E-state index contributed by atoms with van der Waals surface area (Å²) >= 11 is 0. The molecule has 2 saturated carbocycles. The molecule has 286 valence electrons. The highest BCUT2D eigenvalue weighted by molar-refractivity contribution is 7.91. The van der Waals surface area contributed by atoms with Crippen molar-refractivity contribution in [3.63, 3.8) is 0 Å². The van der Waals surface area contributed by atoms with Crippen LogP contribution >= 0.6 is 0 Å². The summed E-state index contributed by atoms with van der Waals surface area (Å²) in [7, 11) is -2.32. The molecule has 4 aliphatic rings. The number of ether oxygens (including phenoxy) is 2. The Morgan fingerprint density at radius 2 is 1.81 bits per heavy atom. The third-order valence-corrected chi connectivity index (χ3v) is 12.5. The average Bonchev–Trinajstić information content (AvgIpc) is 4.06. The van der Waals surface area contributed by atoms with Crippen LogP contribution in [0.4, 0.5) is 0 Å². The summed E-state index contributed by atoms with van der Waals surface area (Å²) in [5.74, 6) is -1.48. The third kappa shape index (κ3) is 7.66. The molecule has 2 unspecified atom stereocenters. The van der Waals surface area contributed by atoms with E-state index in [1.54, 1.807) is 19.3 Å². The number of hydrogen-bond donors (Lipinski definition) is 3. The number of benzene rings is 2. The van der Waals surface area contributed by atoms with Crippen LogP contribution < -0.4 is 24.8 Å². The average molecular weight is 758 g/mol. The maximum atomic E-state index is 14.6. The number of methoxy groups -OCH3 is 1. The molecule has 4 amide bonds. The first kappa shape index (κ1) is 37.3. The van der Waals surface area contributed by atoms with E-state index >= 15 is 0 Å². The minimum absolute atomic E-state index is 0.0125. The predicted molar refractivity (Wildman–Crippen MR) is 202 cm³/mol. The number of rotatable bonds is 7. The van der Waals surface area contributed by atoms with Gasteiger partial charge in [-0.1, -0.05) is 63.3 Å². The molecule has 3 heterocycles. The summed E-state index contributed by atoms with van der Waals surface area (Å²) < 4.78 is 40.1. The monoisotopic (exact) mass is 757 g/mol. The van der Waals surface area contributed by atoms with E-state index in [1.807, 2.05) is 75.4 Å². The van der Waals surface area contributed by atoms with Crippen molar-refractivity contribution in [2.24, 2.45) is 11.3 Å². The first-order chi connectivity index (χ1) is 25.7. The van der Waals surface area contributed by atoms with E-state index in [4.69, 9.17) is 14.5 Å². The second-order valence-corrected chi connectivity index (χ2v) is 17.8. The minimum Gasteiger partial charge on any atom is -0.497 e. The highest BCUT2D eigenvalue weighted by atomic mass is 32.2. The van der Waals surface area contributed by atoms with Gasteiger partial charge in [0, 0.05) is 41.8 Å². The maximum Gasteiger partial charge on any atom is 0.259 e. The highest BCUT2D eigenvalue weighted by Gasteiger charge is 2.62. The quantitative estimate of drug-likeness (QED) is 0.301. The number of allylic oxidation sites excluding steroid dienone is 1. The Morgan fingerprint density at radius 1 is 1.06 bits per heavy atom. The zero-order valence-corrected chi connectivity index (χ0v) is 31.8. The molecule has 0 radical (unpaired) electrons. The lowest BCUT2D eigenvalue weighted by Crippen LogP contribution is -2.60. The number of sulfonamides is 1. The van der Waals surface area contributed by atoms with E-state index in [9.17, 15) is 27.6 Å². The number of carbonyl (C=O) groups excluding carboxylic acids is 4. The molecule has 5 atom stereocenters. The van der Waals surface area contributed by atoms with Crippen molar-refractivity contribution in [3.8, 4) is 22.8 Å². The third-order valence-electron chi connectivity index (χ3n) is 10.7. The molecule has 3 aromatic rings. The van der Waals surface area contributed by atoms with Gasteiger partial charge in [-0.2, -0.15) is 0 Å². The van der Waals surface area contributed by atoms with Crippen molar-refractivity contribution in [2.45, 2.75) is 94.7 Å². The number of pyridine rings is 1. The Bertz CT molecular complexity index is 2110. The smallest absolute Gasteiger partial charge is 0.259 e. The van der Waals surface area contributed by atoms with Gasteiger partial charge < -0.3 is 25.0 Å². The first-order valence-corrected chi connectivity index (χ1v) is 20.1. The standard InChI is InChI=1S/C40H47N5O8S/c1-39(2,3)35-37(48)45-23-27(53-33-21-30(24-11-7-5-8-12-24)41-31-19-26(52-4)15-18-29(31)33)20-32(45)36(47)43-40(38(49)44-54(50,51)28-16-17-28)22-25(40)13-9-6-10-14-34(46)42-35/h5,7-9,11-13,15,18-19,21,25,27-28,32,35H,6,10,14,16-17,20,22-23H2,1-4H3,(H,42,46)(H,43,47)(H,44,49)/t25?,27-,32+,35-,40?/m1/s1. The molecule has 2 aliphatic heterocycles. The van der Waals surface area contributed by atoms with Gasteiger partial charge in [-0.05, 0) is 49.7 Å². The largest absolute Gasteiger partial charge is 0.497 e. The number of nitrogens with one attached hydrogen (secondary N) is 3. The predicted octanol–water partition coefficient (Wildman–Crippen LogP) is 4.01. The van der Waals surface area contributed by atoms with Crippen LogP contribution in [0.25, 0.3) is 22.2 Å². The maximum absolute atomic E-state index is 14.6. The van der Waals surface area contributed by atoms with Crippen LogP contribution in [0.15, 0.2) is 66.7 Å². The van der Waals surface area contributed by atoms with Crippen molar-refractivity contribution in [3.05, 3.63) is 66.7 Å². The summed E-state index contributed by atoms with van der Waals surface area (Å²) in [6.45, 7) is 5.56. The molecule has 1 saturated heterocycles. The van der Waals surface area contributed by atoms with Gasteiger partial charge in [0.2, 0.25) is 27.7 Å². The first-order valence-electron chi connectivity index (χ1n) is 18.5. The lowest BCUT2D eigenvalue weighted by molar-refractivity contribution is -0.144. The molecule has 13 nitrogen and oxygen atoms in total. The van der Waals surface area contributed by atoms with Crippen LogP contribution in [-0.2, 0) is 29.2 Å². The van der Waals surface area contributed by atoms with Gasteiger partial charge in [0.15, 0.2) is 0 Å². The van der Waals surface area contributed by atoms with Crippen LogP contribution in [0.3, 0.4) is 0 Å². The van der Waals surface area contributed by atoms with Gasteiger partial charge in [0.05, 0.1) is 30.1 Å². The van der Waals surface area contributed by atoms with Crippen LogP contribution in [0.5, 0.6) is 11.5 Å². The fourth-order valence-electron chi connectivity index (χ4n) is 7.37. The normalized spacial score (nSPS) is 26.4. The number of aromatic nitrogens is 1. The summed E-state index contributed by atoms with van der Waals surface area (Å²) in [6, 6.07) is 14.9. The fourth-order valence-corrected chi connectivity index (χ4v) is 8.73. The van der Waals surface area contributed by atoms with E-state index in [-0.39, 0.29) is 31.7 Å². The lowest BCUT2D eigenvalue weighted by atomic mass is 9.85. The van der Waals surface area contributed by atoms with Gasteiger partial charge in [-0.3, -0.25) is 23.9 Å². The van der Waals surface area contributed by atoms with Crippen molar-refractivity contribution in [1.29, 1.82) is 0 Å². The molecule has 3 fully saturated rings. The van der Waals surface area contributed by atoms with Crippen LogP contribution in [0.1, 0.15) is 65.7 Å². The fraction of sp³-hybridized carbons (Fsp3) is 0.475. The lowest BCUT2D eigenvalue weighted by Gasteiger charge is -2.35.